The maximum absolute atomic E-state index is 7.47. The average molecular weight is 205 g/mol. The van der Waals surface area contributed by atoms with Gasteiger partial charge in [0.2, 0.25) is 0 Å². The van der Waals surface area contributed by atoms with Crippen molar-refractivity contribution in [3.8, 4) is 0 Å². The summed E-state index contributed by atoms with van der Waals surface area (Å²) in [4.78, 5) is 9.96. The molecule has 0 bridgehead atoms. The molecule has 2 saturated heterocycles. The molecule has 3 atom stereocenters. The predicted octanol–water partition coefficient (Wildman–Crippen LogP) is 0.616. The van der Waals surface area contributed by atoms with Crippen LogP contribution >= 0.6 is 0 Å². The largest absolute Gasteiger partial charge is 0.387 e. The number of pyridine rings is 1. The summed E-state index contributed by atoms with van der Waals surface area (Å²) in [6, 6.07) is 5.80. The second kappa shape index (κ2) is 2.77. The van der Waals surface area contributed by atoms with Gasteiger partial charge in [0, 0.05) is 18.7 Å². The van der Waals surface area contributed by atoms with E-state index in [9.17, 15) is 0 Å². The van der Waals surface area contributed by atoms with Crippen LogP contribution in [-0.2, 0) is 4.84 Å². The number of amidine groups is 1. The molecule has 0 spiro atoms. The molecule has 0 aliphatic carbocycles. The van der Waals surface area contributed by atoms with Gasteiger partial charge in [-0.3, -0.25) is 5.41 Å². The first-order chi connectivity index (χ1) is 7.24. The highest BCUT2D eigenvalue weighted by Crippen LogP contribution is 2.49. The molecule has 0 amide bonds. The minimum atomic E-state index is 0.0254. The Morgan fingerprint density at radius 2 is 2.47 bits per heavy atom. The molecule has 3 unspecified atom stereocenters. The third kappa shape index (κ3) is 1.10. The van der Waals surface area contributed by atoms with Crippen molar-refractivity contribution in [2.24, 2.45) is 11.7 Å². The molecule has 0 saturated carbocycles. The first-order valence-corrected chi connectivity index (χ1v) is 5.06. The summed E-state index contributed by atoms with van der Waals surface area (Å²) in [5.74, 6) is 1.21. The summed E-state index contributed by atoms with van der Waals surface area (Å²) in [6.45, 7) is 0.867. The van der Waals surface area contributed by atoms with Gasteiger partial charge in [-0.25, -0.2) is 4.98 Å². The van der Waals surface area contributed by atoms with Crippen molar-refractivity contribution >= 4 is 11.7 Å². The van der Waals surface area contributed by atoms with Crippen LogP contribution in [0.15, 0.2) is 24.4 Å². The van der Waals surface area contributed by atoms with Gasteiger partial charge in [0.1, 0.15) is 18.3 Å². The second-order valence-corrected chi connectivity index (χ2v) is 4.05. The standard InChI is InChI=1S/C10H13N4O/c11-9(12)7-4-6-14(10(7)15-14)8-3-1-2-5-13-8/h1-3,5,7,10H,4,6H2,(H3,11,12)/q+1. The van der Waals surface area contributed by atoms with E-state index in [1.54, 1.807) is 6.20 Å². The maximum Gasteiger partial charge on any atom is 0.291 e. The lowest BCUT2D eigenvalue weighted by atomic mass is 10.1. The van der Waals surface area contributed by atoms with E-state index in [0.717, 1.165) is 18.8 Å². The van der Waals surface area contributed by atoms with Crippen LogP contribution in [0, 0.1) is 11.3 Å². The topological polar surface area (TPSA) is 75.3 Å². The van der Waals surface area contributed by atoms with Crippen LogP contribution in [0.3, 0.4) is 0 Å². The van der Waals surface area contributed by atoms with E-state index in [0.29, 0.717) is 4.65 Å². The van der Waals surface area contributed by atoms with Crippen LogP contribution in [0.5, 0.6) is 0 Å². The number of nitrogens with two attached hydrogens (primary N) is 1. The van der Waals surface area contributed by atoms with Crippen LogP contribution in [-0.4, -0.2) is 23.6 Å². The van der Waals surface area contributed by atoms with E-state index in [1.807, 2.05) is 18.2 Å². The Hall–Kier alpha value is -1.46. The lowest BCUT2D eigenvalue weighted by Crippen LogP contribution is -2.28. The molecule has 0 radical (unpaired) electrons. The fourth-order valence-electron chi connectivity index (χ4n) is 2.37. The molecule has 2 fully saturated rings. The monoisotopic (exact) mass is 205 g/mol. The van der Waals surface area contributed by atoms with E-state index in [4.69, 9.17) is 16.0 Å². The summed E-state index contributed by atoms with van der Waals surface area (Å²) in [7, 11) is 0. The van der Waals surface area contributed by atoms with Crippen LogP contribution in [0.1, 0.15) is 6.42 Å². The number of fused-ring (bicyclic) bond motifs is 1. The van der Waals surface area contributed by atoms with Gasteiger partial charge in [0.05, 0.1) is 0 Å². The summed E-state index contributed by atoms with van der Waals surface area (Å²) in [5.41, 5.74) is 5.52. The number of rotatable bonds is 2. The molecule has 15 heavy (non-hydrogen) atoms. The SMILES string of the molecule is N=C(N)C1CC[N+]2(c3ccccn3)OC12. The van der Waals surface area contributed by atoms with E-state index in [-0.39, 0.29) is 18.0 Å². The summed E-state index contributed by atoms with van der Waals surface area (Å²) in [6.07, 6.45) is 2.70. The number of nitrogens with zero attached hydrogens (tertiary/aromatic N) is 2. The van der Waals surface area contributed by atoms with Crippen LogP contribution in [0.4, 0.5) is 5.82 Å². The first kappa shape index (κ1) is 8.82. The summed E-state index contributed by atoms with van der Waals surface area (Å²) >= 11 is 0. The smallest absolute Gasteiger partial charge is 0.291 e. The Kier molecular flexibility index (Phi) is 1.63. The minimum absolute atomic E-state index is 0.0254. The van der Waals surface area contributed by atoms with E-state index in [2.05, 4.69) is 4.98 Å². The zero-order chi connectivity index (χ0) is 10.5. The highest BCUT2D eigenvalue weighted by Gasteiger charge is 2.71. The van der Waals surface area contributed by atoms with Crippen molar-refractivity contribution in [2.45, 2.75) is 12.6 Å². The molecule has 78 valence electrons. The van der Waals surface area contributed by atoms with Gasteiger partial charge >= 0.3 is 0 Å². The Morgan fingerprint density at radius 3 is 3.00 bits per heavy atom. The molecular formula is C10H13N4O+. The Bertz CT molecular complexity index is 407. The Balaban J connectivity index is 1.90. The zero-order valence-corrected chi connectivity index (χ0v) is 8.26. The second-order valence-electron chi connectivity index (χ2n) is 4.05. The molecule has 5 heteroatoms. The van der Waals surface area contributed by atoms with Crippen molar-refractivity contribution in [2.75, 3.05) is 6.54 Å². The van der Waals surface area contributed by atoms with E-state index >= 15 is 0 Å². The maximum atomic E-state index is 7.47. The van der Waals surface area contributed by atoms with Crippen molar-refractivity contribution in [3.63, 3.8) is 0 Å². The average Bonchev–Trinajstić information content (AvgIpc) is 2.87. The number of hydrogen-bond donors (Lipinski definition) is 2. The quantitative estimate of drug-likeness (QED) is 0.321. The minimum Gasteiger partial charge on any atom is -0.387 e. The van der Waals surface area contributed by atoms with Crippen molar-refractivity contribution in [3.05, 3.63) is 24.4 Å². The number of quaternary nitrogens is 1. The third-order valence-electron chi connectivity index (χ3n) is 3.21. The van der Waals surface area contributed by atoms with Gasteiger partial charge in [-0.15, -0.1) is 4.84 Å². The van der Waals surface area contributed by atoms with Crippen LogP contribution in [0.25, 0.3) is 0 Å². The zero-order valence-electron chi connectivity index (χ0n) is 8.26. The lowest BCUT2D eigenvalue weighted by Gasteiger charge is -2.05. The summed E-state index contributed by atoms with van der Waals surface area (Å²) < 4.78 is 0.463. The predicted molar refractivity (Wildman–Crippen MR) is 55.8 cm³/mol. The normalized spacial score (nSPS) is 37.3. The molecule has 3 N–H and O–H groups in total. The highest BCUT2D eigenvalue weighted by atomic mass is 16.9. The molecule has 3 rings (SSSR count). The molecule has 3 heterocycles. The Morgan fingerprint density at radius 1 is 1.60 bits per heavy atom. The van der Waals surface area contributed by atoms with Gasteiger partial charge in [-0.2, -0.15) is 0 Å². The molecular weight excluding hydrogens is 192 g/mol. The van der Waals surface area contributed by atoms with Crippen LogP contribution in [0.2, 0.25) is 0 Å². The first-order valence-electron chi connectivity index (χ1n) is 5.06. The van der Waals surface area contributed by atoms with Gasteiger partial charge in [0.15, 0.2) is 0 Å². The van der Waals surface area contributed by atoms with Gasteiger partial charge in [0.25, 0.3) is 12.0 Å². The number of aromatic nitrogens is 1. The molecule has 0 aromatic carbocycles. The van der Waals surface area contributed by atoms with E-state index in [1.165, 1.54) is 0 Å². The lowest BCUT2D eigenvalue weighted by molar-refractivity contribution is 0.174. The number of nitrogens with one attached hydrogen (secondary N) is 1. The molecule has 2 aliphatic heterocycles. The molecule has 1 aromatic rings. The Labute approximate surface area is 87.5 Å². The number of hydroxylamine groups is 2. The fraction of sp³-hybridized carbons (Fsp3) is 0.400. The van der Waals surface area contributed by atoms with Crippen molar-refractivity contribution in [1.29, 1.82) is 5.41 Å². The van der Waals surface area contributed by atoms with Gasteiger partial charge in [-0.05, 0) is 6.07 Å². The third-order valence-corrected chi connectivity index (χ3v) is 3.21. The van der Waals surface area contributed by atoms with Gasteiger partial charge in [-0.1, -0.05) is 10.7 Å². The number of hydrogen-bond acceptors (Lipinski definition) is 3. The van der Waals surface area contributed by atoms with Gasteiger partial charge < -0.3 is 5.73 Å². The molecule has 2 aliphatic rings. The van der Waals surface area contributed by atoms with Crippen LogP contribution < -0.4 is 10.4 Å². The van der Waals surface area contributed by atoms with Crippen molar-refractivity contribution in [1.82, 2.24) is 9.63 Å². The van der Waals surface area contributed by atoms with E-state index < -0.39 is 0 Å². The molecule has 5 nitrogen and oxygen atoms in total. The summed E-state index contributed by atoms with van der Waals surface area (Å²) in [5, 5.41) is 7.47. The fourth-order valence-corrected chi connectivity index (χ4v) is 2.37. The molecule has 1 aromatic heterocycles. The highest BCUT2D eigenvalue weighted by molar-refractivity contribution is 5.81. The van der Waals surface area contributed by atoms with Crippen molar-refractivity contribution < 1.29 is 4.84 Å².